The number of alkyl halides is 3. The van der Waals surface area contributed by atoms with Crippen LogP contribution in [0.4, 0.5) is 24.7 Å². The number of nitrogens with one attached hydrogen (secondary N) is 2. The first-order chi connectivity index (χ1) is 13.7. The van der Waals surface area contributed by atoms with Crippen molar-refractivity contribution < 1.29 is 27.5 Å². The molecule has 0 saturated heterocycles. The number of aromatic nitrogens is 1. The van der Waals surface area contributed by atoms with Gasteiger partial charge < -0.3 is 15.4 Å². The lowest BCUT2D eigenvalue weighted by molar-refractivity contribution is -0.137. The Kier molecular flexibility index (Phi) is 6.05. The molecule has 2 N–H and O–H groups in total. The molecule has 29 heavy (non-hydrogen) atoms. The maximum atomic E-state index is 12.9. The van der Waals surface area contributed by atoms with E-state index in [1.165, 1.54) is 30.5 Å². The van der Waals surface area contributed by atoms with Gasteiger partial charge in [0.05, 0.1) is 5.56 Å². The number of pyridine rings is 1. The predicted molar refractivity (Wildman–Crippen MR) is 99.6 cm³/mol. The van der Waals surface area contributed by atoms with Crippen LogP contribution in [0, 0.1) is 5.92 Å². The van der Waals surface area contributed by atoms with Crippen LogP contribution in [0.1, 0.15) is 35.7 Å². The highest BCUT2D eigenvalue weighted by Gasteiger charge is 2.31. The molecule has 9 heteroatoms. The minimum absolute atomic E-state index is 0.00736. The van der Waals surface area contributed by atoms with Gasteiger partial charge in [0.1, 0.15) is 11.4 Å². The van der Waals surface area contributed by atoms with Crippen molar-refractivity contribution >= 4 is 23.4 Å². The van der Waals surface area contributed by atoms with E-state index in [0.717, 1.165) is 25.0 Å². The molecule has 3 rings (SSSR count). The maximum absolute atomic E-state index is 12.9. The first kappa shape index (κ1) is 20.6. The topological polar surface area (TPSA) is 80.3 Å². The summed E-state index contributed by atoms with van der Waals surface area (Å²) >= 11 is 0. The third-order valence-electron chi connectivity index (χ3n) is 4.53. The number of carbonyl (C=O) groups is 2. The van der Waals surface area contributed by atoms with Gasteiger partial charge in [-0.15, -0.1) is 0 Å². The number of amides is 1. The van der Waals surface area contributed by atoms with Crippen LogP contribution in [-0.2, 0) is 15.7 Å². The Labute approximate surface area is 165 Å². The van der Waals surface area contributed by atoms with E-state index in [1.807, 2.05) is 6.92 Å². The molecule has 2 aromatic rings. The summed E-state index contributed by atoms with van der Waals surface area (Å²) in [5.41, 5.74) is -0.708. The van der Waals surface area contributed by atoms with Crippen LogP contribution < -0.4 is 10.6 Å². The number of hydrogen-bond acceptors (Lipinski definition) is 5. The Morgan fingerprint density at radius 1 is 1.24 bits per heavy atom. The number of esters is 1. The average Bonchev–Trinajstić information content (AvgIpc) is 3.51. The molecule has 6 nitrogen and oxygen atoms in total. The molecule has 1 aromatic carbocycles. The third kappa shape index (κ3) is 5.69. The van der Waals surface area contributed by atoms with Crippen molar-refractivity contribution in [3.05, 3.63) is 53.7 Å². The van der Waals surface area contributed by atoms with E-state index in [9.17, 15) is 22.8 Å². The summed E-state index contributed by atoms with van der Waals surface area (Å²) in [4.78, 5) is 28.3. The molecule has 0 unspecified atom stereocenters. The molecule has 1 aromatic heterocycles. The van der Waals surface area contributed by atoms with Crippen LogP contribution in [0.25, 0.3) is 0 Å². The SMILES string of the molecule is C[C@H](NC(=O)COC(=O)c1cccnc1Nc1cccc(C(F)(F)F)c1)C1CC1. The molecule has 1 heterocycles. The summed E-state index contributed by atoms with van der Waals surface area (Å²) in [6, 6.07) is 7.46. The predicted octanol–water partition coefficient (Wildman–Crippen LogP) is 3.92. The van der Waals surface area contributed by atoms with Crippen LogP contribution in [0.5, 0.6) is 0 Å². The number of nitrogens with zero attached hydrogens (tertiary/aromatic N) is 1. The second kappa shape index (κ2) is 8.50. The highest BCUT2D eigenvalue weighted by Crippen LogP contribution is 2.32. The molecule has 1 atom stereocenters. The summed E-state index contributed by atoms with van der Waals surface area (Å²) in [6.45, 7) is 1.45. The van der Waals surface area contributed by atoms with Gasteiger partial charge in [-0.25, -0.2) is 9.78 Å². The van der Waals surface area contributed by atoms with Gasteiger partial charge in [-0.05, 0) is 56.0 Å². The normalized spacial score (nSPS) is 14.8. The first-order valence-electron chi connectivity index (χ1n) is 9.10. The fourth-order valence-corrected chi connectivity index (χ4v) is 2.80. The van der Waals surface area contributed by atoms with Crippen LogP contribution in [0.3, 0.4) is 0 Å². The molecule has 0 aliphatic heterocycles. The van der Waals surface area contributed by atoms with Crippen LogP contribution in [-0.4, -0.2) is 29.5 Å². The van der Waals surface area contributed by atoms with Gasteiger partial charge in [0, 0.05) is 17.9 Å². The monoisotopic (exact) mass is 407 g/mol. The van der Waals surface area contributed by atoms with Crippen molar-refractivity contribution in [2.24, 2.45) is 5.92 Å². The van der Waals surface area contributed by atoms with Gasteiger partial charge in [0.25, 0.3) is 5.91 Å². The van der Waals surface area contributed by atoms with Crippen LogP contribution >= 0.6 is 0 Å². The average molecular weight is 407 g/mol. The zero-order valence-electron chi connectivity index (χ0n) is 15.6. The molecule has 1 amide bonds. The highest BCUT2D eigenvalue weighted by molar-refractivity contribution is 5.96. The smallest absolute Gasteiger partial charge is 0.416 e. The largest absolute Gasteiger partial charge is 0.452 e. The molecular formula is C20H20F3N3O3. The van der Waals surface area contributed by atoms with Crippen molar-refractivity contribution in [2.45, 2.75) is 32.0 Å². The van der Waals surface area contributed by atoms with Gasteiger partial charge in [0.2, 0.25) is 0 Å². The van der Waals surface area contributed by atoms with Gasteiger partial charge in [-0.3, -0.25) is 4.79 Å². The lowest BCUT2D eigenvalue weighted by atomic mass is 10.2. The molecular weight excluding hydrogens is 387 g/mol. The summed E-state index contributed by atoms with van der Waals surface area (Å²) in [6.07, 6.45) is -0.964. The van der Waals surface area contributed by atoms with Crippen molar-refractivity contribution in [1.82, 2.24) is 10.3 Å². The zero-order chi connectivity index (χ0) is 21.0. The van der Waals surface area contributed by atoms with Gasteiger partial charge >= 0.3 is 12.1 Å². The lowest BCUT2D eigenvalue weighted by Crippen LogP contribution is -2.37. The number of benzene rings is 1. The Bertz CT molecular complexity index is 898. The Hall–Kier alpha value is -3.10. The summed E-state index contributed by atoms with van der Waals surface area (Å²) in [5.74, 6) is -0.712. The molecule has 1 aliphatic rings. The summed E-state index contributed by atoms with van der Waals surface area (Å²) in [5, 5.41) is 5.47. The molecule has 1 fully saturated rings. The Morgan fingerprint density at radius 2 is 2.00 bits per heavy atom. The van der Waals surface area contributed by atoms with Crippen LogP contribution in [0.2, 0.25) is 0 Å². The number of carbonyl (C=O) groups excluding carboxylic acids is 2. The van der Waals surface area contributed by atoms with Gasteiger partial charge in [-0.2, -0.15) is 13.2 Å². The fourth-order valence-electron chi connectivity index (χ4n) is 2.80. The quantitative estimate of drug-likeness (QED) is 0.680. The highest BCUT2D eigenvalue weighted by atomic mass is 19.4. The minimum atomic E-state index is -4.49. The van der Waals surface area contributed by atoms with E-state index in [2.05, 4.69) is 15.6 Å². The van der Waals surface area contributed by atoms with E-state index >= 15 is 0 Å². The lowest BCUT2D eigenvalue weighted by Gasteiger charge is -2.14. The van der Waals surface area contributed by atoms with E-state index in [-0.39, 0.29) is 23.1 Å². The second-order valence-electron chi connectivity index (χ2n) is 6.87. The fraction of sp³-hybridized carbons (Fsp3) is 0.350. The first-order valence-corrected chi connectivity index (χ1v) is 9.10. The summed E-state index contributed by atoms with van der Waals surface area (Å²) < 4.78 is 43.7. The number of rotatable bonds is 7. The van der Waals surface area contributed by atoms with Crippen molar-refractivity contribution in [3.63, 3.8) is 0 Å². The van der Waals surface area contributed by atoms with E-state index < -0.39 is 30.2 Å². The molecule has 0 radical (unpaired) electrons. The zero-order valence-corrected chi connectivity index (χ0v) is 15.6. The number of hydrogen-bond donors (Lipinski definition) is 2. The second-order valence-corrected chi connectivity index (χ2v) is 6.87. The van der Waals surface area contributed by atoms with E-state index in [0.29, 0.717) is 5.92 Å². The maximum Gasteiger partial charge on any atom is 0.416 e. The number of ether oxygens (including phenoxy) is 1. The van der Waals surface area contributed by atoms with Gasteiger partial charge in [-0.1, -0.05) is 6.07 Å². The Balaban J connectivity index is 1.65. The van der Waals surface area contributed by atoms with Crippen molar-refractivity contribution in [3.8, 4) is 0 Å². The molecule has 1 saturated carbocycles. The van der Waals surface area contributed by atoms with Gasteiger partial charge in [0.15, 0.2) is 6.61 Å². The number of halogens is 3. The van der Waals surface area contributed by atoms with E-state index in [1.54, 1.807) is 0 Å². The summed E-state index contributed by atoms with van der Waals surface area (Å²) in [7, 11) is 0. The molecule has 0 bridgehead atoms. The molecule has 154 valence electrons. The Morgan fingerprint density at radius 3 is 2.69 bits per heavy atom. The molecule has 1 aliphatic carbocycles. The van der Waals surface area contributed by atoms with Crippen molar-refractivity contribution in [1.29, 1.82) is 0 Å². The number of anilines is 2. The van der Waals surface area contributed by atoms with Crippen LogP contribution in [0.15, 0.2) is 42.6 Å². The van der Waals surface area contributed by atoms with Crippen molar-refractivity contribution in [2.75, 3.05) is 11.9 Å². The van der Waals surface area contributed by atoms with E-state index in [4.69, 9.17) is 4.74 Å². The third-order valence-corrected chi connectivity index (χ3v) is 4.53. The standard InChI is InChI=1S/C20H20F3N3O3/c1-12(13-7-8-13)25-17(27)11-29-19(28)16-6-3-9-24-18(16)26-15-5-2-4-14(10-15)20(21,22)23/h2-6,9-10,12-13H,7-8,11H2,1H3,(H,24,26)(H,25,27)/t12-/m0/s1. The minimum Gasteiger partial charge on any atom is -0.452 e. The molecule has 0 spiro atoms.